The molecule has 0 aliphatic heterocycles. The summed E-state index contributed by atoms with van der Waals surface area (Å²) in [6.45, 7) is 2.09. The number of anilines is 1. The Balaban J connectivity index is 1.75. The van der Waals surface area contributed by atoms with E-state index in [1.165, 1.54) is 5.56 Å². The van der Waals surface area contributed by atoms with Gasteiger partial charge in [-0.3, -0.25) is 0 Å². The molecule has 1 N–H and O–H groups in total. The van der Waals surface area contributed by atoms with Crippen LogP contribution in [0.15, 0.2) is 66.9 Å². The highest BCUT2D eigenvalue weighted by atomic mass is 16.5. The normalized spacial score (nSPS) is 10.5. The number of carbonyl (C=O) groups is 1. The molecule has 0 atom stereocenters. The molecule has 0 unspecified atom stereocenters. The molecule has 0 spiro atoms. The summed E-state index contributed by atoms with van der Waals surface area (Å²) in [5.74, 6) is 1.19. The van der Waals surface area contributed by atoms with E-state index in [-0.39, 0.29) is 6.03 Å². The monoisotopic (exact) mass is 423 g/mol. The van der Waals surface area contributed by atoms with Gasteiger partial charge in [0.15, 0.2) is 0 Å². The summed E-state index contributed by atoms with van der Waals surface area (Å²) in [5, 5.41) is 2.94. The second-order valence-corrected chi connectivity index (χ2v) is 7.02. The Morgan fingerprint density at radius 1 is 1.00 bits per heavy atom. The number of hydrogen-bond donors (Lipinski definition) is 1. The molecule has 7 heteroatoms. The lowest BCUT2D eigenvalue weighted by Gasteiger charge is -2.24. The number of aromatic nitrogens is 1. The van der Waals surface area contributed by atoms with Gasteiger partial charge in [-0.1, -0.05) is 30.3 Å². The lowest BCUT2D eigenvalue weighted by atomic mass is 10.2. The molecule has 0 aliphatic carbocycles. The summed E-state index contributed by atoms with van der Waals surface area (Å²) in [5.41, 5.74) is 2.82. The molecule has 2 aromatic carbocycles. The first-order valence-electron chi connectivity index (χ1n) is 10.1. The number of amides is 2. The van der Waals surface area contributed by atoms with Crippen LogP contribution in [0.5, 0.6) is 11.5 Å². The van der Waals surface area contributed by atoms with Gasteiger partial charge in [0.25, 0.3) is 0 Å². The lowest BCUT2D eigenvalue weighted by Crippen LogP contribution is -2.37. The minimum absolute atomic E-state index is 0.229. The molecule has 0 radical (unpaired) electrons. The average molecular weight is 424 g/mol. The van der Waals surface area contributed by atoms with Crippen molar-refractivity contribution in [1.29, 1.82) is 0 Å². The standard InChI is InChI=1S/C24H29N3O4/c1-29-15-14-27(24(28)25-22-12-11-21(30-2)16-23(22)31-3)18-20-10-7-13-26(20)17-19-8-5-4-6-9-19/h4-13,16H,14-15,17-18H2,1-3H3,(H,25,28). The molecule has 2 amide bonds. The Morgan fingerprint density at radius 2 is 1.81 bits per heavy atom. The van der Waals surface area contributed by atoms with Gasteiger partial charge in [0.2, 0.25) is 0 Å². The van der Waals surface area contributed by atoms with Crippen LogP contribution in [0.3, 0.4) is 0 Å². The van der Waals surface area contributed by atoms with Crippen molar-refractivity contribution in [3.05, 3.63) is 78.1 Å². The fourth-order valence-corrected chi connectivity index (χ4v) is 3.27. The Hall–Kier alpha value is -3.45. The molecule has 0 saturated carbocycles. The minimum Gasteiger partial charge on any atom is -0.497 e. The number of methoxy groups -OCH3 is 3. The maximum Gasteiger partial charge on any atom is 0.322 e. The molecule has 0 aliphatic rings. The van der Waals surface area contributed by atoms with Crippen LogP contribution in [-0.4, -0.2) is 50.0 Å². The fraction of sp³-hybridized carbons (Fsp3) is 0.292. The van der Waals surface area contributed by atoms with Crippen LogP contribution in [0.4, 0.5) is 10.5 Å². The van der Waals surface area contributed by atoms with E-state index in [1.54, 1.807) is 44.4 Å². The third kappa shape index (κ3) is 6.02. The van der Waals surface area contributed by atoms with Gasteiger partial charge in [0.1, 0.15) is 11.5 Å². The fourth-order valence-electron chi connectivity index (χ4n) is 3.27. The van der Waals surface area contributed by atoms with E-state index in [4.69, 9.17) is 14.2 Å². The number of urea groups is 1. The van der Waals surface area contributed by atoms with Gasteiger partial charge in [-0.05, 0) is 29.8 Å². The molecule has 3 aromatic rings. The van der Waals surface area contributed by atoms with Gasteiger partial charge < -0.3 is 29.0 Å². The summed E-state index contributed by atoms with van der Waals surface area (Å²) in [6, 6.07) is 19.3. The third-order valence-electron chi connectivity index (χ3n) is 4.97. The lowest BCUT2D eigenvalue weighted by molar-refractivity contribution is 0.151. The summed E-state index contributed by atoms with van der Waals surface area (Å²) < 4.78 is 18.0. The smallest absolute Gasteiger partial charge is 0.322 e. The Labute approximate surface area is 183 Å². The number of nitrogens with zero attached hydrogens (tertiary/aromatic N) is 2. The maximum absolute atomic E-state index is 13.1. The first-order chi connectivity index (χ1) is 15.1. The Kier molecular flexibility index (Phi) is 7.95. The number of hydrogen-bond acceptors (Lipinski definition) is 4. The van der Waals surface area contributed by atoms with E-state index in [1.807, 2.05) is 36.5 Å². The van der Waals surface area contributed by atoms with E-state index < -0.39 is 0 Å². The highest BCUT2D eigenvalue weighted by Crippen LogP contribution is 2.29. The van der Waals surface area contributed by atoms with E-state index >= 15 is 0 Å². The van der Waals surface area contributed by atoms with Crippen molar-refractivity contribution in [2.24, 2.45) is 0 Å². The molecule has 0 saturated heterocycles. The summed E-state index contributed by atoms with van der Waals surface area (Å²) in [4.78, 5) is 14.8. The SMILES string of the molecule is COCCN(Cc1cccn1Cc1ccccc1)C(=O)Nc1ccc(OC)cc1OC. The van der Waals surface area contributed by atoms with E-state index in [9.17, 15) is 4.79 Å². The summed E-state index contributed by atoms with van der Waals surface area (Å²) >= 11 is 0. The Morgan fingerprint density at radius 3 is 2.52 bits per heavy atom. The van der Waals surface area contributed by atoms with Crippen LogP contribution >= 0.6 is 0 Å². The molecule has 31 heavy (non-hydrogen) atoms. The molecule has 1 aromatic heterocycles. The molecule has 164 valence electrons. The van der Waals surface area contributed by atoms with Crippen molar-refractivity contribution in [3.63, 3.8) is 0 Å². The van der Waals surface area contributed by atoms with E-state index in [0.29, 0.717) is 36.9 Å². The van der Waals surface area contributed by atoms with Crippen LogP contribution in [0, 0.1) is 0 Å². The van der Waals surface area contributed by atoms with Gasteiger partial charge in [-0.2, -0.15) is 0 Å². The van der Waals surface area contributed by atoms with Crippen LogP contribution in [0.25, 0.3) is 0 Å². The average Bonchev–Trinajstić information content (AvgIpc) is 3.23. The van der Waals surface area contributed by atoms with E-state index in [2.05, 4.69) is 22.0 Å². The molecule has 7 nitrogen and oxygen atoms in total. The zero-order valence-corrected chi connectivity index (χ0v) is 18.2. The number of ether oxygens (including phenoxy) is 3. The van der Waals surface area contributed by atoms with Crippen molar-refractivity contribution in [1.82, 2.24) is 9.47 Å². The molecule has 1 heterocycles. The van der Waals surface area contributed by atoms with E-state index in [0.717, 1.165) is 12.2 Å². The number of benzene rings is 2. The zero-order chi connectivity index (χ0) is 22.1. The van der Waals surface area contributed by atoms with Crippen LogP contribution < -0.4 is 14.8 Å². The predicted molar refractivity (Wildman–Crippen MR) is 121 cm³/mol. The molecular weight excluding hydrogens is 394 g/mol. The van der Waals surface area contributed by atoms with Gasteiger partial charge >= 0.3 is 6.03 Å². The largest absolute Gasteiger partial charge is 0.497 e. The second-order valence-electron chi connectivity index (χ2n) is 7.02. The van der Waals surface area contributed by atoms with Crippen molar-refractivity contribution in [3.8, 4) is 11.5 Å². The zero-order valence-electron chi connectivity index (χ0n) is 18.2. The summed E-state index contributed by atoms with van der Waals surface area (Å²) in [6.07, 6.45) is 2.03. The number of rotatable bonds is 10. The maximum atomic E-state index is 13.1. The molecule has 0 fully saturated rings. The third-order valence-corrected chi connectivity index (χ3v) is 4.97. The molecule has 3 rings (SSSR count). The highest BCUT2D eigenvalue weighted by molar-refractivity contribution is 5.91. The number of nitrogens with one attached hydrogen (secondary N) is 1. The van der Waals surface area contributed by atoms with Crippen molar-refractivity contribution in [2.45, 2.75) is 13.1 Å². The van der Waals surface area contributed by atoms with Crippen LogP contribution in [0.2, 0.25) is 0 Å². The summed E-state index contributed by atoms with van der Waals surface area (Å²) in [7, 11) is 4.77. The van der Waals surface area contributed by atoms with Crippen molar-refractivity contribution in [2.75, 3.05) is 39.8 Å². The van der Waals surface area contributed by atoms with Crippen molar-refractivity contribution >= 4 is 11.7 Å². The van der Waals surface area contributed by atoms with Gasteiger partial charge in [-0.15, -0.1) is 0 Å². The highest BCUT2D eigenvalue weighted by Gasteiger charge is 2.18. The predicted octanol–water partition coefficient (Wildman–Crippen LogP) is 4.23. The van der Waals surface area contributed by atoms with Gasteiger partial charge in [0, 0.05) is 38.2 Å². The molecular formula is C24H29N3O4. The van der Waals surface area contributed by atoms with Gasteiger partial charge in [0.05, 0.1) is 33.1 Å². The first-order valence-corrected chi connectivity index (χ1v) is 10.1. The van der Waals surface area contributed by atoms with Crippen molar-refractivity contribution < 1.29 is 19.0 Å². The van der Waals surface area contributed by atoms with Crippen LogP contribution in [-0.2, 0) is 17.8 Å². The second kappa shape index (κ2) is 11.1. The quantitative estimate of drug-likeness (QED) is 0.530. The van der Waals surface area contributed by atoms with Gasteiger partial charge in [-0.25, -0.2) is 4.79 Å². The topological polar surface area (TPSA) is 65.0 Å². The van der Waals surface area contributed by atoms with Crippen LogP contribution in [0.1, 0.15) is 11.3 Å². The first kappa shape index (κ1) is 22.2. The minimum atomic E-state index is -0.229. The Bertz CT molecular complexity index is 972. The number of carbonyl (C=O) groups excluding carboxylic acids is 1. The molecule has 0 bridgehead atoms.